The fraction of sp³-hybridized carbons (Fsp3) is 0.400. The molecule has 7 nitrogen and oxygen atoms in total. The predicted molar refractivity (Wildman–Crippen MR) is 124 cm³/mol. The van der Waals surface area contributed by atoms with Crippen LogP contribution in [0, 0.1) is 0 Å². The Bertz CT molecular complexity index is 1120. The molecule has 2 aromatic carbocycles. The molecule has 0 spiro atoms. The second kappa shape index (κ2) is 10.4. The molecule has 0 bridgehead atoms. The summed E-state index contributed by atoms with van der Waals surface area (Å²) in [6, 6.07) is 11.8. The van der Waals surface area contributed by atoms with E-state index in [4.69, 9.17) is 4.74 Å². The van der Waals surface area contributed by atoms with E-state index in [2.05, 4.69) is 13.8 Å². The summed E-state index contributed by atoms with van der Waals surface area (Å²) in [4.78, 5) is 36.7. The zero-order valence-electron chi connectivity index (χ0n) is 19.1. The minimum atomic E-state index is -3.97. The number of ketones is 2. The van der Waals surface area contributed by atoms with Gasteiger partial charge in [0.1, 0.15) is 6.04 Å². The minimum absolute atomic E-state index is 0.00789. The van der Waals surface area contributed by atoms with Crippen molar-refractivity contribution in [1.82, 2.24) is 4.31 Å². The van der Waals surface area contributed by atoms with E-state index < -0.39 is 28.6 Å². The number of hydrogen-bond donors (Lipinski definition) is 0. The fourth-order valence-electron chi connectivity index (χ4n) is 3.80. The van der Waals surface area contributed by atoms with E-state index in [0.29, 0.717) is 36.3 Å². The third kappa shape index (κ3) is 5.75. The van der Waals surface area contributed by atoms with Gasteiger partial charge in [0, 0.05) is 17.7 Å². The quantitative estimate of drug-likeness (QED) is 0.427. The highest BCUT2D eigenvalue weighted by molar-refractivity contribution is 7.89. The van der Waals surface area contributed by atoms with E-state index in [1.54, 1.807) is 12.1 Å². The van der Waals surface area contributed by atoms with Crippen LogP contribution in [-0.4, -0.2) is 49.5 Å². The number of nitrogens with zero attached hydrogens (tertiary/aromatic N) is 1. The summed E-state index contributed by atoms with van der Waals surface area (Å²) >= 11 is 0. The maximum Gasteiger partial charge on any atom is 0.324 e. The van der Waals surface area contributed by atoms with Crippen LogP contribution in [0.5, 0.6) is 0 Å². The van der Waals surface area contributed by atoms with Crippen LogP contribution in [0.4, 0.5) is 0 Å². The van der Waals surface area contributed by atoms with Gasteiger partial charge in [0.05, 0.1) is 4.90 Å². The lowest BCUT2D eigenvalue weighted by molar-refractivity contribution is -0.148. The lowest BCUT2D eigenvalue weighted by Gasteiger charge is -2.33. The highest BCUT2D eigenvalue weighted by Gasteiger charge is 2.38. The van der Waals surface area contributed by atoms with Crippen molar-refractivity contribution < 1.29 is 27.5 Å². The Labute approximate surface area is 194 Å². The summed E-state index contributed by atoms with van der Waals surface area (Å²) in [5, 5.41) is 0. The summed E-state index contributed by atoms with van der Waals surface area (Å²) in [5.74, 6) is -0.902. The van der Waals surface area contributed by atoms with Gasteiger partial charge in [0.15, 0.2) is 18.2 Å². The topological polar surface area (TPSA) is 97.8 Å². The molecular weight excluding hydrogens is 442 g/mol. The number of Topliss-reactive ketones (excluding diaryl/α,β-unsaturated/α-hetero) is 2. The molecule has 176 valence electrons. The van der Waals surface area contributed by atoms with Gasteiger partial charge in [-0.05, 0) is 49.8 Å². The van der Waals surface area contributed by atoms with Gasteiger partial charge in [-0.25, -0.2) is 8.42 Å². The van der Waals surface area contributed by atoms with Crippen molar-refractivity contribution in [1.29, 1.82) is 0 Å². The highest BCUT2D eigenvalue weighted by atomic mass is 32.2. The SMILES string of the molecule is CC(=O)c1ccc(S(=O)(=O)N2CCCCC2C(=O)OCC(=O)c2ccc(C(C)C)cc2)cc1. The van der Waals surface area contributed by atoms with Crippen LogP contribution in [0.1, 0.15) is 72.2 Å². The number of hydrogen-bond acceptors (Lipinski definition) is 6. The first-order chi connectivity index (χ1) is 15.6. The largest absolute Gasteiger partial charge is 0.456 e. The number of piperidine rings is 1. The molecule has 0 amide bonds. The van der Waals surface area contributed by atoms with Crippen molar-refractivity contribution in [2.75, 3.05) is 13.2 Å². The molecule has 1 saturated heterocycles. The van der Waals surface area contributed by atoms with Crippen molar-refractivity contribution in [2.45, 2.75) is 56.9 Å². The number of ether oxygens (including phenoxy) is 1. The molecule has 1 aliphatic heterocycles. The molecule has 1 atom stereocenters. The van der Waals surface area contributed by atoms with E-state index in [0.717, 1.165) is 9.87 Å². The molecule has 0 aliphatic carbocycles. The zero-order valence-corrected chi connectivity index (χ0v) is 19.9. The van der Waals surface area contributed by atoms with Gasteiger partial charge < -0.3 is 4.74 Å². The Morgan fingerprint density at radius 3 is 2.15 bits per heavy atom. The predicted octanol–water partition coefficient (Wildman–Crippen LogP) is 3.98. The van der Waals surface area contributed by atoms with Crippen LogP contribution in [0.3, 0.4) is 0 Å². The average Bonchev–Trinajstić information content (AvgIpc) is 2.82. The molecule has 33 heavy (non-hydrogen) atoms. The lowest BCUT2D eigenvalue weighted by Crippen LogP contribution is -2.48. The van der Waals surface area contributed by atoms with Crippen LogP contribution in [0.2, 0.25) is 0 Å². The molecule has 3 rings (SSSR count). The molecule has 0 saturated carbocycles. The maximum absolute atomic E-state index is 13.2. The molecule has 0 aromatic heterocycles. The first-order valence-electron chi connectivity index (χ1n) is 11.0. The summed E-state index contributed by atoms with van der Waals surface area (Å²) in [5.41, 5.74) is 1.94. The molecule has 8 heteroatoms. The van der Waals surface area contributed by atoms with Crippen molar-refractivity contribution >= 4 is 27.6 Å². The number of rotatable bonds is 8. The third-order valence-electron chi connectivity index (χ3n) is 5.84. The molecule has 0 N–H and O–H groups in total. The monoisotopic (exact) mass is 471 g/mol. The van der Waals surface area contributed by atoms with Crippen LogP contribution >= 0.6 is 0 Å². The number of esters is 1. The Morgan fingerprint density at radius 2 is 1.58 bits per heavy atom. The first-order valence-corrected chi connectivity index (χ1v) is 12.5. The third-order valence-corrected chi connectivity index (χ3v) is 7.76. The second-order valence-electron chi connectivity index (χ2n) is 8.52. The van der Waals surface area contributed by atoms with Gasteiger partial charge in [0.25, 0.3) is 0 Å². The van der Waals surface area contributed by atoms with E-state index in [1.165, 1.54) is 31.2 Å². The van der Waals surface area contributed by atoms with Gasteiger partial charge in [0.2, 0.25) is 10.0 Å². The van der Waals surface area contributed by atoms with E-state index >= 15 is 0 Å². The molecule has 1 unspecified atom stereocenters. The second-order valence-corrected chi connectivity index (χ2v) is 10.4. The minimum Gasteiger partial charge on any atom is -0.456 e. The van der Waals surface area contributed by atoms with E-state index in [1.807, 2.05) is 12.1 Å². The van der Waals surface area contributed by atoms with Crippen molar-refractivity contribution in [3.05, 3.63) is 65.2 Å². The number of sulfonamides is 1. The standard InChI is InChI=1S/C25H29NO6S/c1-17(2)19-7-9-21(10-8-19)24(28)16-32-25(29)23-6-4-5-15-26(23)33(30,31)22-13-11-20(12-14-22)18(3)27/h7-14,17,23H,4-6,15-16H2,1-3H3. The van der Waals surface area contributed by atoms with E-state index in [9.17, 15) is 22.8 Å². The van der Waals surface area contributed by atoms with Crippen LogP contribution in [-0.2, 0) is 19.6 Å². The number of carbonyl (C=O) groups is 3. The van der Waals surface area contributed by atoms with Gasteiger partial charge in [-0.1, -0.05) is 50.2 Å². The Balaban J connectivity index is 1.70. The van der Waals surface area contributed by atoms with Gasteiger partial charge in [-0.15, -0.1) is 0 Å². The maximum atomic E-state index is 13.2. The van der Waals surface area contributed by atoms with Gasteiger partial charge in [-0.2, -0.15) is 4.31 Å². The first kappa shape index (κ1) is 24.8. The molecular formula is C25H29NO6S. The Morgan fingerprint density at radius 1 is 0.970 bits per heavy atom. The number of carbonyl (C=O) groups excluding carboxylic acids is 3. The van der Waals surface area contributed by atoms with Crippen LogP contribution in [0.15, 0.2) is 53.4 Å². The lowest BCUT2D eigenvalue weighted by atomic mass is 10.0. The molecule has 0 radical (unpaired) electrons. The molecule has 1 heterocycles. The smallest absolute Gasteiger partial charge is 0.324 e. The Kier molecular flexibility index (Phi) is 7.81. The zero-order chi connectivity index (χ0) is 24.2. The summed E-state index contributed by atoms with van der Waals surface area (Å²) in [6.07, 6.45) is 1.62. The van der Waals surface area contributed by atoms with Crippen LogP contribution in [0.25, 0.3) is 0 Å². The van der Waals surface area contributed by atoms with E-state index in [-0.39, 0.29) is 23.0 Å². The van der Waals surface area contributed by atoms with Crippen molar-refractivity contribution in [3.63, 3.8) is 0 Å². The fourth-order valence-corrected chi connectivity index (χ4v) is 5.44. The molecule has 1 aliphatic rings. The van der Waals surface area contributed by atoms with Crippen molar-refractivity contribution in [2.24, 2.45) is 0 Å². The normalized spacial score (nSPS) is 17.0. The van der Waals surface area contributed by atoms with Crippen LogP contribution < -0.4 is 0 Å². The van der Waals surface area contributed by atoms with Gasteiger partial charge in [-0.3, -0.25) is 14.4 Å². The summed E-state index contributed by atoms with van der Waals surface area (Å²) in [6.45, 7) is 5.25. The summed E-state index contributed by atoms with van der Waals surface area (Å²) in [7, 11) is -3.97. The average molecular weight is 472 g/mol. The molecule has 1 fully saturated rings. The molecule has 2 aromatic rings. The Hall–Kier alpha value is -2.84. The summed E-state index contributed by atoms with van der Waals surface area (Å²) < 4.78 is 32.8. The highest BCUT2D eigenvalue weighted by Crippen LogP contribution is 2.26. The van der Waals surface area contributed by atoms with Gasteiger partial charge >= 0.3 is 5.97 Å². The van der Waals surface area contributed by atoms with Crippen molar-refractivity contribution in [3.8, 4) is 0 Å². The number of benzene rings is 2.